The minimum atomic E-state index is 0.168. The summed E-state index contributed by atoms with van der Waals surface area (Å²) < 4.78 is 7.61. The van der Waals surface area contributed by atoms with Gasteiger partial charge in [0.25, 0.3) is 0 Å². The lowest BCUT2D eigenvalue weighted by molar-refractivity contribution is 0.407. The summed E-state index contributed by atoms with van der Waals surface area (Å²) in [6.07, 6.45) is 1.96. The molecule has 0 saturated carbocycles. The third-order valence-electron chi connectivity index (χ3n) is 5.32. The van der Waals surface area contributed by atoms with Gasteiger partial charge in [0.2, 0.25) is 0 Å². The van der Waals surface area contributed by atoms with Crippen LogP contribution in [-0.4, -0.2) is 16.9 Å². The Balaban J connectivity index is 1.58. The molecule has 0 radical (unpaired) electrons. The average molecular weight is 371 g/mol. The summed E-state index contributed by atoms with van der Waals surface area (Å²) in [4.78, 5) is 0. The Kier molecular flexibility index (Phi) is 5.13. The predicted molar refractivity (Wildman–Crippen MR) is 114 cm³/mol. The lowest BCUT2D eigenvalue weighted by atomic mass is 10.0. The van der Waals surface area contributed by atoms with E-state index in [0.29, 0.717) is 0 Å². The number of rotatable bonds is 6. The molecule has 0 unspecified atom stereocenters. The number of para-hydroxylation sites is 1. The number of benzene rings is 3. The van der Waals surface area contributed by atoms with Crippen LogP contribution < -0.4 is 10.1 Å². The highest BCUT2D eigenvalue weighted by Gasteiger charge is 2.15. The van der Waals surface area contributed by atoms with Crippen molar-refractivity contribution in [2.75, 3.05) is 7.11 Å². The van der Waals surface area contributed by atoms with E-state index in [1.807, 2.05) is 35.1 Å². The number of fused-ring (bicyclic) bond motifs is 1. The monoisotopic (exact) mass is 371 g/mol. The van der Waals surface area contributed by atoms with E-state index in [-0.39, 0.29) is 6.04 Å². The largest absolute Gasteiger partial charge is 0.496 e. The Morgan fingerprint density at radius 1 is 1.00 bits per heavy atom. The standard InChI is InChI=1S/C24H25N3O/c1-17(22-16-26-27(18(22)2)20-10-5-4-6-11-20)25-15-23-21-12-8-7-9-19(21)13-14-24(23)28-3/h4-14,16-17,25H,15H2,1-3H3/t17-/m0/s1. The van der Waals surface area contributed by atoms with Gasteiger partial charge in [-0.15, -0.1) is 0 Å². The van der Waals surface area contributed by atoms with Crippen molar-refractivity contribution in [1.82, 2.24) is 15.1 Å². The maximum Gasteiger partial charge on any atom is 0.123 e. The normalized spacial score (nSPS) is 12.2. The van der Waals surface area contributed by atoms with Crippen LogP contribution in [0.1, 0.15) is 29.8 Å². The number of nitrogens with zero attached hydrogens (tertiary/aromatic N) is 2. The molecule has 142 valence electrons. The van der Waals surface area contributed by atoms with E-state index in [0.717, 1.165) is 23.7 Å². The molecule has 0 aliphatic heterocycles. The smallest absolute Gasteiger partial charge is 0.123 e. The second-order valence-corrected chi connectivity index (χ2v) is 7.00. The molecule has 4 aromatic rings. The molecule has 0 fully saturated rings. The van der Waals surface area contributed by atoms with Crippen LogP contribution in [0.15, 0.2) is 72.9 Å². The fourth-order valence-electron chi connectivity index (χ4n) is 3.73. The van der Waals surface area contributed by atoms with E-state index in [1.54, 1.807) is 7.11 Å². The molecule has 1 atom stereocenters. The predicted octanol–water partition coefficient (Wildman–Crippen LogP) is 5.19. The van der Waals surface area contributed by atoms with Gasteiger partial charge in [-0.05, 0) is 42.8 Å². The van der Waals surface area contributed by atoms with Crippen molar-refractivity contribution < 1.29 is 4.74 Å². The van der Waals surface area contributed by atoms with Crippen LogP contribution in [-0.2, 0) is 6.54 Å². The highest BCUT2D eigenvalue weighted by Crippen LogP contribution is 2.29. The summed E-state index contributed by atoms with van der Waals surface area (Å²) in [5.41, 5.74) is 4.61. The zero-order valence-electron chi connectivity index (χ0n) is 16.5. The van der Waals surface area contributed by atoms with Crippen molar-refractivity contribution in [2.24, 2.45) is 0 Å². The maximum absolute atomic E-state index is 5.62. The summed E-state index contributed by atoms with van der Waals surface area (Å²) in [7, 11) is 1.73. The van der Waals surface area contributed by atoms with E-state index >= 15 is 0 Å². The third kappa shape index (κ3) is 3.39. The molecule has 4 nitrogen and oxygen atoms in total. The SMILES string of the molecule is COc1ccc2ccccc2c1CN[C@@H](C)c1cnn(-c2ccccc2)c1C. The molecule has 1 heterocycles. The van der Waals surface area contributed by atoms with E-state index < -0.39 is 0 Å². The first-order valence-electron chi connectivity index (χ1n) is 9.57. The van der Waals surface area contributed by atoms with Gasteiger partial charge in [0.1, 0.15) is 5.75 Å². The zero-order valence-corrected chi connectivity index (χ0v) is 16.5. The van der Waals surface area contributed by atoms with Crippen LogP contribution in [0.4, 0.5) is 0 Å². The summed E-state index contributed by atoms with van der Waals surface area (Å²) >= 11 is 0. The molecular formula is C24H25N3O. The van der Waals surface area contributed by atoms with Gasteiger partial charge in [-0.3, -0.25) is 0 Å². The van der Waals surface area contributed by atoms with E-state index in [1.165, 1.54) is 21.9 Å². The molecule has 0 aliphatic carbocycles. The van der Waals surface area contributed by atoms with Crippen LogP contribution in [0, 0.1) is 6.92 Å². The number of ether oxygens (including phenoxy) is 1. The Morgan fingerprint density at radius 3 is 2.54 bits per heavy atom. The van der Waals surface area contributed by atoms with Gasteiger partial charge in [-0.25, -0.2) is 4.68 Å². The quantitative estimate of drug-likeness (QED) is 0.507. The number of hydrogen-bond acceptors (Lipinski definition) is 3. The lowest BCUT2D eigenvalue weighted by Gasteiger charge is -2.17. The fraction of sp³-hybridized carbons (Fsp3) is 0.208. The van der Waals surface area contributed by atoms with Gasteiger partial charge in [-0.2, -0.15) is 5.10 Å². The zero-order chi connectivity index (χ0) is 19.5. The molecule has 4 rings (SSSR count). The van der Waals surface area contributed by atoms with Crippen LogP contribution in [0.5, 0.6) is 5.75 Å². The molecule has 1 N–H and O–H groups in total. The Morgan fingerprint density at radius 2 is 1.75 bits per heavy atom. The minimum Gasteiger partial charge on any atom is -0.496 e. The van der Waals surface area contributed by atoms with Gasteiger partial charge in [0.15, 0.2) is 0 Å². The van der Waals surface area contributed by atoms with Gasteiger partial charge in [0, 0.05) is 29.4 Å². The van der Waals surface area contributed by atoms with Crippen LogP contribution in [0.3, 0.4) is 0 Å². The fourth-order valence-corrected chi connectivity index (χ4v) is 3.73. The van der Waals surface area contributed by atoms with Crippen molar-refractivity contribution in [1.29, 1.82) is 0 Å². The van der Waals surface area contributed by atoms with Crippen molar-refractivity contribution in [3.8, 4) is 11.4 Å². The first kappa shape index (κ1) is 18.3. The highest BCUT2D eigenvalue weighted by atomic mass is 16.5. The summed E-state index contributed by atoms with van der Waals surface area (Å²) in [5.74, 6) is 0.912. The molecular weight excluding hydrogens is 346 g/mol. The minimum absolute atomic E-state index is 0.168. The van der Waals surface area contributed by atoms with Crippen LogP contribution in [0.2, 0.25) is 0 Å². The Bertz CT molecular complexity index is 1090. The molecule has 0 saturated heterocycles. The number of nitrogens with one attached hydrogen (secondary N) is 1. The second-order valence-electron chi connectivity index (χ2n) is 7.00. The van der Waals surface area contributed by atoms with Crippen LogP contribution >= 0.6 is 0 Å². The topological polar surface area (TPSA) is 39.1 Å². The van der Waals surface area contributed by atoms with E-state index in [2.05, 4.69) is 66.7 Å². The molecule has 1 aromatic heterocycles. The van der Waals surface area contributed by atoms with Crippen molar-refractivity contribution in [3.05, 3.63) is 89.7 Å². The molecule has 0 bridgehead atoms. The summed E-state index contributed by atoms with van der Waals surface area (Å²) in [5, 5.41) is 10.7. The highest BCUT2D eigenvalue weighted by molar-refractivity contribution is 5.87. The molecule has 0 amide bonds. The molecule has 3 aromatic carbocycles. The lowest BCUT2D eigenvalue weighted by Crippen LogP contribution is -2.19. The molecule has 0 aliphatic rings. The van der Waals surface area contributed by atoms with Gasteiger partial charge < -0.3 is 10.1 Å². The molecule has 28 heavy (non-hydrogen) atoms. The number of aromatic nitrogens is 2. The van der Waals surface area contributed by atoms with Crippen molar-refractivity contribution in [2.45, 2.75) is 26.4 Å². The first-order chi connectivity index (χ1) is 13.7. The second kappa shape index (κ2) is 7.87. The van der Waals surface area contributed by atoms with Crippen molar-refractivity contribution in [3.63, 3.8) is 0 Å². The van der Waals surface area contributed by atoms with Gasteiger partial charge in [0.05, 0.1) is 19.0 Å². The Labute approximate surface area is 165 Å². The maximum atomic E-state index is 5.62. The summed E-state index contributed by atoms with van der Waals surface area (Å²) in [6, 6.07) is 23.0. The third-order valence-corrected chi connectivity index (χ3v) is 5.32. The van der Waals surface area contributed by atoms with E-state index in [9.17, 15) is 0 Å². The van der Waals surface area contributed by atoms with Crippen LogP contribution in [0.25, 0.3) is 16.5 Å². The van der Waals surface area contributed by atoms with Crippen molar-refractivity contribution >= 4 is 10.8 Å². The Hall–Kier alpha value is -3.11. The number of methoxy groups -OCH3 is 1. The molecule has 4 heteroatoms. The average Bonchev–Trinajstić information content (AvgIpc) is 3.13. The number of hydrogen-bond donors (Lipinski definition) is 1. The molecule has 0 spiro atoms. The van der Waals surface area contributed by atoms with E-state index in [4.69, 9.17) is 4.74 Å². The van der Waals surface area contributed by atoms with Gasteiger partial charge >= 0.3 is 0 Å². The van der Waals surface area contributed by atoms with Gasteiger partial charge in [-0.1, -0.05) is 48.5 Å². The summed E-state index contributed by atoms with van der Waals surface area (Å²) in [6.45, 7) is 5.02. The first-order valence-corrected chi connectivity index (χ1v) is 9.57.